The highest BCUT2D eigenvalue weighted by Gasteiger charge is 2.28. The van der Waals surface area contributed by atoms with E-state index in [1.165, 1.54) is 0 Å². The fourth-order valence-electron chi connectivity index (χ4n) is 3.59. The van der Waals surface area contributed by atoms with Gasteiger partial charge < -0.3 is 9.47 Å². The van der Waals surface area contributed by atoms with Crippen LogP contribution in [0.5, 0.6) is 0 Å². The molecule has 4 heterocycles. The maximum absolute atomic E-state index is 12.0. The van der Waals surface area contributed by atoms with Gasteiger partial charge in [-0.25, -0.2) is 9.97 Å². The largest absolute Gasteiger partial charge is 0.342 e. The summed E-state index contributed by atoms with van der Waals surface area (Å²) in [6.45, 7) is 5.38. The van der Waals surface area contributed by atoms with Gasteiger partial charge in [-0.15, -0.1) is 11.3 Å². The van der Waals surface area contributed by atoms with Crippen molar-refractivity contribution in [1.29, 1.82) is 0 Å². The first kappa shape index (κ1) is 14.8. The molecule has 7 heteroatoms. The van der Waals surface area contributed by atoms with E-state index < -0.39 is 0 Å². The Morgan fingerprint density at radius 1 is 1.26 bits per heavy atom. The highest BCUT2D eigenvalue weighted by Crippen LogP contribution is 2.21. The van der Waals surface area contributed by atoms with Gasteiger partial charge in [0.1, 0.15) is 10.8 Å². The van der Waals surface area contributed by atoms with Crippen molar-refractivity contribution in [2.24, 2.45) is 5.92 Å². The second-order valence-electron chi connectivity index (χ2n) is 6.40. The van der Waals surface area contributed by atoms with Gasteiger partial charge in [-0.2, -0.15) is 0 Å². The molecular weight excluding hydrogens is 310 g/mol. The Morgan fingerprint density at radius 3 is 3.00 bits per heavy atom. The number of carbonyl (C=O) groups is 1. The van der Waals surface area contributed by atoms with Crippen LogP contribution >= 0.6 is 11.3 Å². The Morgan fingerprint density at radius 2 is 2.22 bits per heavy atom. The normalized spacial score (nSPS) is 22.3. The minimum atomic E-state index is 0.312. The number of carbonyl (C=O) groups excluding carboxylic acids is 1. The molecule has 0 bridgehead atoms. The maximum Gasteiger partial charge on any atom is 0.222 e. The molecule has 0 N–H and O–H groups in total. The molecule has 2 aromatic rings. The monoisotopic (exact) mass is 331 g/mol. The van der Waals surface area contributed by atoms with Gasteiger partial charge in [-0.1, -0.05) is 0 Å². The van der Waals surface area contributed by atoms with Crippen molar-refractivity contribution in [3.8, 4) is 0 Å². The quantitative estimate of drug-likeness (QED) is 0.854. The van der Waals surface area contributed by atoms with Crippen LogP contribution in [-0.4, -0.2) is 49.9 Å². The Kier molecular flexibility index (Phi) is 4.13. The van der Waals surface area contributed by atoms with E-state index in [1.807, 2.05) is 22.7 Å². The van der Waals surface area contributed by atoms with E-state index in [2.05, 4.69) is 25.6 Å². The van der Waals surface area contributed by atoms with Crippen molar-refractivity contribution >= 4 is 17.2 Å². The van der Waals surface area contributed by atoms with Crippen LogP contribution in [0.4, 0.5) is 0 Å². The van der Waals surface area contributed by atoms with Crippen LogP contribution in [-0.2, 0) is 24.4 Å². The molecule has 0 saturated carbocycles. The van der Waals surface area contributed by atoms with E-state index in [1.54, 1.807) is 11.3 Å². The lowest BCUT2D eigenvalue weighted by atomic mass is 10.1. The number of hydrogen-bond acceptors (Lipinski definition) is 5. The van der Waals surface area contributed by atoms with Gasteiger partial charge in [0.15, 0.2) is 0 Å². The van der Waals surface area contributed by atoms with E-state index in [0.29, 0.717) is 18.2 Å². The summed E-state index contributed by atoms with van der Waals surface area (Å²) in [4.78, 5) is 25.3. The summed E-state index contributed by atoms with van der Waals surface area (Å²) < 4.78 is 2.24. The first-order valence-electron chi connectivity index (χ1n) is 8.16. The molecule has 1 fully saturated rings. The second kappa shape index (κ2) is 6.41. The van der Waals surface area contributed by atoms with Gasteiger partial charge in [0.25, 0.3) is 0 Å². The first-order chi connectivity index (χ1) is 11.3. The minimum Gasteiger partial charge on any atom is -0.342 e. The number of aromatic nitrogens is 3. The first-order valence-corrected chi connectivity index (χ1v) is 9.04. The number of thiazole rings is 1. The Hall–Kier alpha value is -1.73. The zero-order valence-corrected chi connectivity index (χ0v) is 13.9. The van der Waals surface area contributed by atoms with Crippen molar-refractivity contribution in [3.05, 3.63) is 34.8 Å². The van der Waals surface area contributed by atoms with E-state index in [-0.39, 0.29) is 0 Å². The fraction of sp³-hybridized carbons (Fsp3) is 0.562. The van der Waals surface area contributed by atoms with Crippen LogP contribution in [0.2, 0.25) is 0 Å². The molecule has 1 atom stereocenters. The number of fused-ring (bicyclic) bond motifs is 1. The highest BCUT2D eigenvalue weighted by atomic mass is 32.1. The molecule has 1 unspecified atom stereocenters. The topological polar surface area (TPSA) is 54.3 Å². The molecule has 2 aliphatic heterocycles. The molecule has 2 aromatic heterocycles. The number of amides is 1. The Bertz CT molecular complexity index is 668. The molecule has 2 aliphatic rings. The lowest BCUT2D eigenvalue weighted by Crippen LogP contribution is -2.37. The lowest BCUT2D eigenvalue weighted by molar-refractivity contribution is -0.128. The molecule has 1 saturated heterocycles. The molecule has 0 aliphatic carbocycles. The smallest absolute Gasteiger partial charge is 0.222 e. The third kappa shape index (κ3) is 3.30. The maximum atomic E-state index is 12.0. The summed E-state index contributed by atoms with van der Waals surface area (Å²) in [7, 11) is 0. The number of likely N-dealkylation sites (tertiary alicyclic amines) is 1. The number of rotatable bonds is 4. The molecular formula is C16H21N5OS. The standard InChI is InChI=1S/C16H21N5OS/c22-16-2-1-5-21(16)10-13-8-19(12-15-18-4-7-23-15)11-14-17-3-6-20(14)9-13/h3-4,6-7,13H,1-2,5,8-12H2. The predicted molar refractivity (Wildman–Crippen MR) is 87.8 cm³/mol. The zero-order chi connectivity index (χ0) is 15.6. The summed E-state index contributed by atoms with van der Waals surface area (Å²) in [5.74, 6) is 1.86. The van der Waals surface area contributed by atoms with Crippen molar-refractivity contribution in [2.75, 3.05) is 19.6 Å². The van der Waals surface area contributed by atoms with Gasteiger partial charge in [-0.3, -0.25) is 9.69 Å². The Balaban J connectivity index is 1.50. The zero-order valence-electron chi connectivity index (χ0n) is 13.1. The molecule has 4 rings (SSSR count). The lowest BCUT2D eigenvalue weighted by Gasteiger charge is -2.26. The Labute approximate surface area is 139 Å². The van der Waals surface area contributed by atoms with E-state index in [4.69, 9.17) is 0 Å². The van der Waals surface area contributed by atoms with E-state index in [9.17, 15) is 4.79 Å². The predicted octanol–water partition coefficient (Wildman–Crippen LogP) is 1.59. The molecule has 0 radical (unpaired) electrons. The molecule has 122 valence electrons. The third-order valence-corrected chi connectivity index (χ3v) is 5.39. The van der Waals surface area contributed by atoms with Crippen LogP contribution in [0.15, 0.2) is 24.0 Å². The number of hydrogen-bond donors (Lipinski definition) is 0. The van der Waals surface area contributed by atoms with Gasteiger partial charge >= 0.3 is 0 Å². The van der Waals surface area contributed by atoms with Crippen LogP contribution in [0.25, 0.3) is 0 Å². The fourth-order valence-corrected chi connectivity index (χ4v) is 4.25. The van der Waals surface area contributed by atoms with Crippen molar-refractivity contribution < 1.29 is 4.79 Å². The molecule has 1 amide bonds. The van der Waals surface area contributed by atoms with E-state index >= 15 is 0 Å². The molecule has 0 spiro atoms. The highest BCUT2D eigenvalue weighted by molar-refractivity contribution is 7.09. The average molecular weight is 331 g/mol. The van der Waals surface area contributed by atoms with Gasteiger partial charge in [0.2, 0.25) is 5.91 Å². The number of imidazole rings is 1. The summed E-state index contributed by atoms with van der Waals surface area (Å²) in [5, 5.41) is 3.16. The summed E-state index contributed by atoms with van der Waals surface area (Å²) in [5.41, 5.74) is 0. The minimum absolute atomic E-state index is 0.312. The summed E-state index contributed by atoms with van der Waals surface area (Å²) in [6, 6.07) is 0. The van der Waals surface area contributed by atoms with E-state index in [0.717, 1.165) is 56.5 Å². The van der Waals surface area contributed by atoms with Crippen LogP contribution < -0.4 is 0 Å². The SMILES string of the molecule is O=C1CCCN1CC1CN(Cc2nccs2)Cc2nccn2C1. The van der Waals surface area contributed by atoms with Gasteiger partial charge in [0, 0.05) is 62.5 Å². The van der Waals surface area contributed by atoms with Crippen molar-refractivity contribution in [3.63, 3.8) is 0 Å². The van der Waals surface area contributed by atoms with Crippen LogP contribution in [0.3, 0.4) is 0 Å². The average Bonchev–Trinajstić information content (AvgIpc) is 3.24. The van der Waals surface area contributed by atoms with Crippen LogP contribution in [0.1, 0.15) is 23.7 Å². The molecule has 23 heavy (non-hydrogen) atoms. The molecule has 0 aromatic carbocycles. The van der Waals surface area contributed by atoms with Crippen molar-refractivity contribution in [1.82, 2.24) is 24.3 Å². The summed E-state index contributed by atoms with van der Waals surface area (Å²) in [6.07, 6.45) is 7.51. The second-order valence-corrected chi connectivity index (χ2v) is 7.38. The summed E-state index contributed by atoms with van der Waals surface area (Å²) >= 11 is 1.70. The third-order valence-electron chi connectivity index (χ3n) is 4.63. The van der Waals surface area contributed by atoms with Crippen molar-refractivity contribution in [2.45, 2.75) is 32.5 Å². The molecule has 6 nitrogen and oxygen atoms in total. The van der Waals surface area contributed by atoms with Gasteiger partial charge in [-0.05, 0) is 6.42 Å². The number of nitrogens with zero attached hydrogens (tertiary/aromatic N) is 5. The van der Waals surface area contributed by atoms with Crippen LogP contribution in [0, 0.1) is 5.92 Å². The van der Waals surface area contributed by atoms with Gasteiger partial charge in [0.05, 0.1) is 13.1 Å².